The summed E-state index contributed by atoms with van der Waals surface area (Å²) in [5, 5.41) is 9.60. The van der Waals surface area contributed by atoms with E-state index in [9.17, 15) is 0 Å². The molecule has 1 aliphatic heterocycles. The van der Waals surface area contributed by atoms with Crippen LogP contribution in [0.5, 0.6) is 0 Å². The Balaban J connectivity index is 2.23. The second kappa shape index (κ2) is 4.00. The van der Waals surface area contributed by atoms with E-state index >= 15 is 0 Å². The van der Waals surface area contributed by atoms with Gasteiger partial charge in [-0.05, 0) is 24.1 Å². The summed E-state index contributed by atoms with van der Waals surface area (Å²) in [4.78, 5) is 0. The lowest BCUT2D eigenvalue weighted by molar-refractivity contribution is 0.101. The zero-order valence-corrected chi connectivity index (χ0v) is 8.37. The van der Waals surface area contributed by atoms with Crippen LogP contribution in [-0.2, 0) is 4.74 Å². The average Bonchev–Trinajstić information content (AvgIpc) is 2.67. The van der Waals surface area contributed by atoms with Gasteiger partial charge in [-0.1, -0.05) is 23.7 Å². The zero-order valence-electron chi connectivity index (χ0n) is 7.61. The molecule has 0 saturated carbocycles. The molecule has 0 aliphatic carbocycles. The SMILES string of the molecule is N#C[C@H]1CCO[C@@H]1c1ccc(Cl)cc1. The van der Waals surface area contributed by atoms with Crippen LogP contribution in [0, 0.1) is 17.2 Å². The summed E-state index contributed by atoms with van der Waals surface area (Å²) >= 11 is 5.78. The van der Waals surface area contributed by atoms with E-state index in [1.807, 2.05) is 24.3 Å². The number of halogens is 1. The lowest BCUT2D eigenvalue weighted by atomic mass is 9.97. The highest BCUT2D eigenvalue weighted by atomic mass is 35.5. The van der Waals surface area contributed by atoms with Gasteiger partial charge in [-0.15, -0.1) is 0 Å². The Kier molecular flexibility index (Phi) is 2.72. The van der Waals surface area contributed by atoms with Crippen LogP contribution in [0.15, 0.2) is 24.3 Å². The van der Waals surface area contributed by atoms with Gasteiger partial charge in [-0.2, -0.15) is 5.26 Å². The summed E-state index contributed by atoms with van der Waals surface area (Å²) < 4.78 is 5.52. The molecule has 1 aromatic carbocycles. The Morgan fingerprint density at radius 1 is 1.36 bits per heavy atom. The summed E-state index contributed by atoms with van der Waals surface area (Å²) in [5.41, 5.74) is 1.04. The van der Waals surface area contributed by atoms with E-state index in [1.54, 1.807) is 0 Å². The molecule has 3 heteroatoms. The van der Waals surface area contributed by atoms with Crippen LogP contribution in [0.4, 0.5) is 0 Å². The molecule has 0 N–H and O–H groups in total. The monoisotopic (exact) mass is 207 g/mol. The fraction of sp³-hybridized carbons (Fsp3) is 0.364. The molecule has 1 aliphatic rings. The fourth-order valence-electron chi connectivity index (χ4n) is 1.70. The average molecular weight is 208 g/mol. The largest absolute Gasteiger partial charge is 0.372 e. The molecule has 2 rings (SSSR count). The predicted octanol–water partition coefficient (Wildman–Crippen LogP) is 2.94. The van der Waals surface area contributed by atoms with Gasteiger partial charge in [-0.3, -0.25) is 0 Å². The van der Waals surface area contributed by atoms with Gasteiger partial charge in [0.1, 0.15) is 0 Å². The first-order chi connectivity index (χ1) is 6.81. The minimum Gasteiger partial charge on any atom is -0.372 e. The minimum absolute atomic E-state index is 0.0174. The molecule has 0 unspecified atom stereocenters. The smallest absolute Gasteiger partial charge is 0.0983 e. The van der Waals surface area contributed by atoms with Crippen molar-refractivity contribution in [1.29, 1.82) is 5.26 Å². The van der Waals surface area contributed by atoms with Gasteiger partial charge in [-0.25, -0.2) is 0 Å². The quantitative estimate of drug-likeness (QED) is 0.710. The van der Waals surface area contributed by atoms with Crippen LogP contribution in [0.25, 0.3) is 0 Å². The van der Waals surface area contributed by atoms with Crippen molar-refractivity contribution in [2.24, 2.45) is 5.92 Å². The van der Waals surface area contributed by atoms with Crippen LogP contribution in [0.3, 0.4) is 0 Å². The van der Waals surface area contributed by atoms with Gasteiger partial charge in [0.25, 0.3) is 0 Å². The van der Waals surface area contributed by atoms with Crippen molar-refractivity contribution in [3.05, 3.63) is 34.9 Å². The molecule has 0 amide bonds. The number of ether oxygens (including phenoxy) is 1. The molecule has 1 saturated heterocycles. The standard InChI is InChI=1S/C11H10ClNO/c12-10-3-1-8(2-4-10)11-9(7-13)5-6-14-11/h1-4,9,11H,5-6H2/t9-,11-/m1/s1. The molecule has 0 aromatic heterocycles. The van der Waals surface area contributed by atoms with Crippen LogP contribution in [-0.4, -0.2) is 6.61 Å². The Labute approximate surface area is 88.1 Å². The Morgan fingerprint density at radius 3 is 2.71 bits per heavy atom. The van der Waals surface area contributed by atoms with E-state index < -0.39 is 0 Å². The van der Waals surface area contributed by atoms with Crippen molar-refractivity contribution in [3.8, 4) is 6.07 Å². The zero-order chi connectivity index (χ0) is 9.97. The molecule has 0 spiro atoms. The molecular formula is C11H10ClNO. The third kappa shape index (κ3) is 1.75. The Hall–Kier alpha value is -1.04. The number of nitrogens with zero attached hydrogens (tertiary/aromatic N) is 1. The van der Waals surface area contributed by atoms with Gasteiger partial charge < -0.3 is 4.74 Å². The molecule has 14 heavy (non-hydrogen) atoms. The number of benzene rings is 1. The van der Waals surface area contributed by atoms with Crippen molar-refractivity contribution in [2.45, 2.75) is 12.5 Å². The van der Waals surface area contributed by atoms with Gasteiger partial charge in [0.2, 0.25) is 0 Å². The maximum Gasteiger partial charge on any atom is 0.0983 e. The van der Waals surface area contributed by atoms with Crippen molar-refractivity contribution in [3.63, 3.8) is 0 Å². The van der Waals surface area contributed by atoms with Crippen molar-refractivity contribution in [1.82, 2.24) is 0 Å². The van der Waals surface area contributed by atoms with Crippen molar-refractivity contribution >= 4 is 11.6 Å². The number of nitriles is 1. The predicted molar refractivity (Wildman–Crippen MR) is 53.9 cm³/mol. The molecule has 0 radical (unpaired) electrons. The maximum atomic E-state index is 8.90. The highest BCUT2D eigenvalue weighted by Gasteiger charge is 2.29. The minimum atomic E-state index is -0.0720. The normalized spacial score (nSPS) is 26.0. The molecule has 1 fully saturated rings. The molecule has 2 nitrogen and oxygen atoms in total. The van der Waals surface area contributed by atoms with Crippen molar-refractivity contribution < 1.29 is 4.74 Å². The molecule has 72 valence electrons. The molecule has 1 heterocycles. The van der Waals surface area contributed by atoms with Crippen LogP contribution >= 0.6 is 11.6 Å². The highest BCUT2D eigenvalue weighted by Crippen LogP contribution is 2.34. The third-order valence-corrected chi connectivity index (χ3v) is 2.71. The second-order valence-corrected chi connectivity index (χ2v) is 3.80. The van der Waals surface area contributed by atoms with Crippen LogP contribution in [0.2, 0.25) is 5.02 Å². The first-order valence-corrected chi connectivity index (χ1v) is 4.96. The first kappa shape index (κ1) is 9.51. The molecule has 2 atom stereocenters. The molecule has 0 bridgehead atoms. The van der Waals surface area contributed by atoms with Gasteiger partial charge in [0.15, 0.2) is 0 Å². The Bertz CT molecular complexity index is 355. The second-order valence-electron chi connectivity index (χ2n) is 3.37. The van der Waals surface area contributed by atoms with Crippen LogP contribution < -0.4 is 0 Å². The summed E-state index contributed by atoms with van der Waals surface area (Å²) in [7, 11) is 0. The van der Waals surface area contributed by atoms with E-state index in [0.717, 1.165) is 12.0 Å². The maximum absolute atomic E-state index is 8.90. The number of hydrogen-bond donors (Lipinski definition) is 0. The fourth-order valence-corrected chi connectivity index (χ4v) is 1.83. The van der Waals surface area contributed by atoms with Gasteiger partial charge in [0, 0.05) is 11.6 Å². The van der Waals surface area contributed by atoms with Crippen molar-refractivity contribution in [2.75, 3.05) is 6.61 Å². The number of rotatable bonds is 1. The van der Waals surface area contributed by atoms with Gasteiger partial charge >= 0.3 is 0 Å². The van der Waals surface area contributed by atoms with E-state index in [2.05, 4.69) is 6.07 Å². The molecule has 1 aromatic rings. The van der Waals surface area contributed by atoms with E-state index in [4.69, 9.17) is 21.6 Å². The topological polar surface area (TPSA) is 33.0 Å². The summed E-state index contributed by atoms with van der Waals surface area (Å²) in [5.74, 6) is -0.0174. The van der Waals surface area contributed by atoms with E-state index in [0.29, 0.717) is 11.6 Å². The summed E-state index contributed by atoms with van der Waals surface area (Å²) in [6, 6.07) is 9.76. The van der Waals surface area contributed by atoms with E-state index in [-0.39, 0.29) is 12.0 Å². The number of hydrogen-bond acceptors (Lipinski definition) is 2. The highest BCUT2D eigenvalue weighted by molar-refractivity contribution is 6.30. The lowest BCUT2D eigenvalue weighted by Crippen LogP contribution is -2.04. The Morgan fingerprint density at radius 2 is 2.07 bits per heavy atom. The van der Waals surface area contributed by atoms with Gasteiger partial charge in [0.05, 0.1) is 18.1 Å². The summed E-state index contributed by atoms with van der Waals surface area (Å²) in [6.45, 7) is 0.672. The lowest BCUT2D eigenvalue weighted by Gasteiger charge is -2.12. The van der Waals surface area contributed by atoms with Crippen LogP contribution in [0.1, 0.15) is 18.1 Å². The molecular weight excluding hydrogens is 198 g/mol. The summed E-state index contributed by atoms with van der Waals surface area (Å²) in [6.07, 6.45) is 0.751. The van der Waals surface area contributed by atoms with E-state index in [1.165, 1.54) is 0 Å². The first-order valence-electron chi connectivity index (χ1n) is 4.58. The third-order valence-electron chi connectivity index (χ3n) is 2.46.